The van der Waals surface area contributed by atoms with Crippen LogP contribution in [-0.4, -0.2) is 12.3 Å². The van der Waals surface area contributed by atoms with Gasteiger partial charge < -0.3 is 5.73 Å². The molecule has 1 aromatic carbocycles. The fraction of sp³-hybridized carbons (Fsp3) is 0.333. The Kier molecular flexibility index (Phi) is 2.31. The SMILES string of the molecule is NCC1CSc2cccc(Cl)c21. The monoisotopic (exact) mass is 199 g/mol. The van der Waals surface area contributed by atoms with Gasteiger partial charge in [-0.1, -0.05) is 17.7 Å². The lowest BCUT2D eigenvalue weighted by Crippen LogP contribution is -2.11. The molecule has 0 saturated heterocycles. The largest absolute Gasteiger partial charge is 0.330 e. The predicted octanol–water partition coefficient (Wildman–Crippen LogP) is 2.49. The van der Waals surface area contributed by atoms with Crippen LogP contribution in [0.3, 0.4) is 0 Å². The maximum absolute atomic E-state index is 6.07. The molecule has 0 saturated carbocycles. The van der Waals surface area contributed by atoms with Gasteiger partial charge in [0.25, 0.3) is 0 Å². The second-order valence-corrected chi connectivity index (χ2v) is 4.36. The summed E-state index contributed by atoms with van der Waals surface area (Å²) >= 11 is 7.92. The highest BCUT2D eigenvalue weighted by atomic mass is 35.5. The van der Waals surface area contributed by atoms with Crippen molar-refractivity contribution < 1.29 is 0 Å². The standard InChI is InChI=1S/C9H10ClNS/c10-7-2-1-3-8-9(7)6(4-11)5-12-8/h1-3,6H,4-5,11H2. The molecule has 2 rings (SSSR count). The van der Waals surface area contributed by atoms with Crippen LogP contribution in [0.4, 0.5) is 0 Å². The number of nitrogens with two attached hydrogens (primary N) is 1. The van der Waals surface area contributed by atoms with E-state index in [1.807, 2.05) is 23.9 Å². The van der Waals surface area contributed by atoms with E-state index in [4.69, 9.17) is 17.3 Å². The van der Waals surface area contributed by atoms with Crippen LogP contribution in [0.15, 0.2) is 23.1 Å². The molecule has 1 unspecified atom stereocenters. The Hall–Kier alpha value is -0.180. The van der Waals surface area contributed by atoms with Crippen molar-refractivity contribution in [3.05, 3.63) is 28.8 Å². The number of fused-ring (bicyclic) bond motifs is 1. The van der Waals surface area contributed by atoms with Crippen LogP contribution in [0.5, 0.6) is 0 Å². The average Bonchev–Trinajstić information content (AvgIpc) is 2.49. The normalized spacial score (nSPS) is 21.0. The Morgan fingerprint density at radius 3 is 3.17 bits per heavy atom. The molecule has 0 spiro atoms. The summed E-state index contributed by atoms with van der Waals surface area (Å²) in [6, 6.07) is 6.05. The number of rotatable bonds is 1. The predicted molar refractivity (Wildman–Crippen MR) is 54.0 cm³/mol. The van der Waals surface area contributed by atoms with Gasteiger partial charge in [0.1, 0.15) is 0 Å². The van der Waals surface area contributed by atoms with Crippen LogP contribution in [0.2, 0.25) is 5.02 Å². The van der Waals surface area contributed by atoms with Crippen LogP contribution in [0.1, 0.15) is 11.5 Å². The first kappa shape index (κ1) is 8.42. The van der Waals surface area contributed by atoms with E-state index in [9.17, 15) is 0 Å². The van der Waals surface area contributed by atoms with Gasteiger partial charge in [-0.2, -0.15) is 0 Å². The highest BCUT2D eigenvalue weighted by molar-refractivity contribution is 7.99. The first-order chi connectivity index (χ1) is 5.83. The third-order valence-electron chi connectivity index (χ3n) is 2.15. The van der Waals surface area contributed by atoms with E-state index in [1.54, 1.807) is 0 Å². The van der Waals surface area contributed by atoms with Gasteiger partial charge >= 0.3 is 0 Å². The molecule has 12 heavy (non-hydrogen) atoms. The van der Waals surface area contributed by atoms with Gasteiger partial charge in [0.15, 0.2) is 0 Å². The first-order valence-corrected chi connectivity index (χ1v) is 5.30. The lowest BCUT2D eigenvalue weighted by molar-refractivity contribution is 0.787. The molecule has 1 nitrogen and oxygen atoms in total. The highest BCUT2D eigenvalue weighted by Gasteiger charge is 2.23. The molecule has 0 bridgehead atoms. The molecule has 0 amide bonds. The molecule has 0 aromatic heterocycles. The molecule has 2 N–H and O–H groups in total. The van der Waals surface area contributed by atoms with Gasteiger partial charge in [0.2, 0.25) is 0 Å². The Morgan fingerprint density at radius 1 is 1.58 bits per heavy atom. The maximum atomic E-state index is 6.07. The minimum atomic E-state index is 0.457. The number of benzene rings is 1. The number of hydrogen-bond donors (Lipinski definition) is 1. The second-order valence-electron chi connectivity index (χ2n) is 2.90. The molecule has 3 heteroatoms. The molecule has 0 radical (unpaired) electrons. The molecule has 0 aliphatic carbocycles. The van der Waals surface area contributed by atoms with Crippen LogP contribution in [-0.2, 0) is 0 Å². The van der Waals surface area contributed by atoms with Crippen molar-refractivity contribution in [1.29, 1.82) is 0 Å². The number of halogens is 1. The van der Waals surface area contributed by atoms with Crippen LogP contribution in [0.25, 0.3) is 0 Å². The maximum Gasteiger partial charge on any atom is 0.0452 e. The molecule has 64 valence electrons. The van der Waals surface area contributed by atoms with Gasteiger partial charge in [-0.3, -0.25) is 0 Å². The Labute approximate surface area is 81.3 Å². The van der Waals surface area contributed by atoms with Crippen molar-refractivity contribution in [2.24, 2.45) is 5.73 Å². The van der Waals surface area contributed by atoms with E-state index in [0.717, 1.165) is 10.8 Å². The molecular formula is C9H10ClNS. The smallest absolute Gasteiger partial charge is 0.0452 e. The zero-order chi connectivity index (χ0) is 8.55. The molecule has 1 aliphatic rings. The van der Waals surface area contributed by atoms with Gasteiger partial charge in [0.05, 0.1) is 0 Å². The summed E-state index contributed by atoms with van der Waals surface area (Å²) in [5.41, 5.74) is 6.90. The van der Waals surface area contributed by atoms with E-state index >= 15 is 0 Å². The van der Waals surface area contributed by atoms with E-state index < -0.39 is 0 Å². The summed E-state index contributed by atoms with van der Waals surface area (Å²) in [6.07, 6.45) is 0. The Balaban J connectivity index is 2.48. The van der Waals surface area contributed by atoms with E-state index in [-0.39, 0.29) is 0 Å². The van der Waals surface area contributed by atoms with Crippen molar-refractivity contribution in [3.8, 4) is 0 Å². The van der Waals surface area contributed by atoms with Crippen LogP contribution >= 0.6 is 23.4 Å². The summed E-state index contributed by atoms with van der Waals surface area (Å²) in [6.45, 7) is 0.698. The van der Waals surface area contributed by atoms with Crippen molar-refractivity contribution >= 4 is 23.4 Å². The van der Waals surface area contributed by atoms with Gasteiger partial charge in [-0.15, -0.1) is 11.8 Å². The fourth-order valence-electron chi connectivity index (χ4n) is 1.50. The van der Waals surface area contributed by atoms with Crippen molar-refractivity contribution in [2.45, 2.75) is 10.8 Å². The first-order valence-electron chi connectivity index (χ1n) is 3.94. The Bertz CT molecular complexity index is 301. The van der Waals surface area contributed by atoms with Crippen molar-refractivity contribution in [3.63, 3.8) is 0 Å². The average molecular weight is 200 g/mol. The van der Waals surface area contributed by atoms with Crippen LogP contribution < -0.4 is 5.73 Å². The quantitative estimate of drug-likeness (QED) is 0.752. The van der Waals surface area contributed by atoms with E-state index in [2.05, 4.69) is 6.07 Å². The van der Waals surface area contributed by atoms with Gasteiger partial charge in [-0.25, -0.2) is 0 Å². The van der Waals surface area contributed by atoms with Gasteiger partial charge in [-0.05, 0) is 17.7 Å². The second kappa shape index (κ2) is 3.29. The summed E-state index contributed by atoms with van der Waals surface area (Å²) in [5.74, 6) is 1.54. The molecule has 1 heterocycles. The third-order valence-corrected chi connectivity index (χ3v) is 3.71. The summed E-state index contributed by atoms with van der Waals surface area (Å²) in [7, 11) is 0. The van der Waals surface area contributed by atoms with Crippen LogP contribution in [0, 0.1) is 0 Å². The molecule has 0 fully saturated rings. The summed E-state index contributed by atoms with van der Waals surface area (Å²) in [4.78, 5) is 1.30. The Morgan fingerprint density at radius 2 is 2.42 bits per heavy atom. The van der Waals surface area contributed by atoms with Gasteiger partial charge in [0, 0.05) is 28.1 Å². The van der Waals surface area contributed by atoms with E-state index in [1.165, 1.54) is 10.5 Å². The zero-order valence-corrected chi connectivity index (χ0v) is 8.16. The minimum absolute atomic E-state index is 0.457. The lowest BCUT2D eigenvalue weighted by Gasteiger charge is -2.08. The molecule has 1 atom stereocenters. The summed E-state index contributed by atoms with van der Waals surface area (Å²) < 4.78 is 0. The topological polar surface area (TPSA) is 26.0 Å². The minimum Gasteiger partial charge on any atom is -0.330 e. The lowest BCUT2D eigenvalue weighted by atomic mass is 10.0. The molecule has 1 aliphatic heterocycles. The third kappa shape index (κ3) is 1.24. The van der Waals surface area contributed by atoms with Crippen molar-refractivity contribution in [2.75, 3.05) is 12.3 Å². The number of hydrogen-bond acceptors (Lipinski definition) is 2. The zero-order valence-electron chi connectivity index (χ0n) is 6.59. The summed E-state index contributed by atoms with van der Waals surface area (Å²) in [5, 5.41) is 0.868. The highest BCUT2D eigenvalue weighted by Crippen LogP contribution is 2.42. The molecular weight excluding hydrogens is 190 g/mol. The fourth-order valence-corrected chi connectivity index (χ4v) is 3.17. The molecule has 1 aromatic rings. The number of thioether (sulfide) groups is 1. The van der Waals surface area contributed by atoms with E-state index in [0.29, 0.717) is 12.5 Å². The van der Waals surface area contributed by atoms with Crippen molar-refractivity contribution in [1.82, 2.24) is 0 Å².